The highest BCUT2D eigenvalue weighted by molar-refractivity contribution is 5.95. The van der Waals surface area contributed by atoms with Crippen LogP contribution in [-0.2, 0) is 11.2 Å². The van der Waals surface area contributed by atoms with Crippen LogP contribution in [0.5, 0.6) is 5.75 Å². The number of carbonyl (C=O) groups excluding carboxylic acids is 1. The summed E-state index contributed by atoms with van der Waals surface area (Å²) >= 11 is 0. The number of ether oxygens (including phenoxy) is 1. The number of carbonyl (C=O) groups is 1. The van der Waals surface area contributed by atoms with E-state index in [2.05, 4.69) is 28.6 Å². The molecule has 2 aliphatic heterocycles. The molecule has 1 saturated heterocycles. The lowest BCUT2D eigenvalue weighted by atomic mass is 10.0. The van der Waals surface area contributed by atoms with Gasteiger partial charge in [0.05, 0.1) is 5.69 Å². The number of hydrogen-bond acceptors (Lipinski definition) is 4. The first-order valence-corrected chi connectivity index (χ1v) is 6.68. The van der Waals surface area contributed by atoms with Gasteiger partial charge >= 0.3 is 0 Å². The second-order valence-corrected chi connectivity index (χ2v) is 5.28. The highest BCUT2D eigenvalue weighted by atomic mass is 16.5. The molecule has 3 rings (SSSR count). The van der Waals surface area contributed by atoms with Crippen molar-refractivity contribution < 1.29 is 9.53 Å². The monoisotopic (exact) mass is 261 g/mol. The molecule has 0 radical (unpaired) electrons. The average molecular weight is 261 g/mol. The van der Waals surface area contributed by atoms with Gasteiger partial charge in [-0.2, -0.15) is 0 Å². The molecule has 1 aromatic rings. The van der Waals surface area contributed by atoms with E-state index in [0.717, 1.165) is 37.5 Å². The third-order valence-electron chi connectivity index (χ3n) is 3.62. The molecule has 2 aliphatic rings. The zero-order valence-corrected chi connectivity index (χ0v) is 11.1. The summed E-state index contributed by atoms with van der Waals surface area (Å²) in [6.45, 7) is 3.32. The number of likely N-dealkylation sites (N-methyl/N-ethyl adjacent to an activating group) is 1. The van der Waals surface area contributed by atoms with E-state index in [-0.39, 0.29) is 12.5 Å². The lowest BCUT2D eigenvalue weighted by Gasteiger charge is -2.31. The number of rotatable bonds is 2. The van der Waals surface area contributed by atoms with Gasteiger partial charge in [0.15, 0.2) is 6.61 Å². The van der Waals surface area contributed by atoms with Gasteiger partial charge < -0.3 is 20.3 Å². The Morgan fingerprint density at radius 3 is 3.21 bits per heavy atom. The summed E-state index contributed by atoms with van der Waals surface area (Å²) in [5.74, 6) is 0.692. The van der Waals surface area contributed by atoms with Crippen molar-refractivity contribution in [2.75, 3.05) is 38.6 Å². The van der Waals surface area contributed by atoms with Crippen molar-refractivity contribution in [2.45, 2.75) is 12.5 Å². The smallest absolute Gasteiger partial charge is 0.262 e. The number of piperazine rings is 1. The zero-order chi connectivity index (χ0) is 13.2. The third kappa shape index (κ3) is 2.88. The highest BCUT2D eigenvalue weighted by Crippen LogP contribution is 2.29. The third-order valence-corrected chi connectivity index (χ3v) is 3.62. The van der Waals surface area contributed by atoms with E-state index in [4.69, 9.17) is 4.74 Å². The van der Waals surface area contributed by atoms with Gasteiger partial charge in [-0.15, -0.1) is 0 Å². The molecular formula is C14H19N3O2. The van der Waals surface area contributed by atoms with E-state index in [1.807, 2.05) is 12.1 Å². The van der Waals surface area contributed by atoms with Crippen molar-refractivity contribution >= 4 is 11.6 Å². The Bertz CT molecular complexity index is 490. The van der Waals surface area contributed by atoms with Gasteiger partial charge in [-0.1, -0.05) is 6.07 Å². The topological polar surface area (TPSA) is 53.6 Å². The van der Waals surface area contributed by atoms with Crippen LogP contribution >= 0.6 is 0 Å². The van der Waals surface area contributed by atoms with Crippen molar-refractivity contribution in [3.8, 4) is 5.75 Å². The fraction of sp³-hybridized carbons (Fsp3) is 0.500. The van der Waals surface area contributed by atoms with Gasteiger partial charge in [0.25, 0.3) is 5.91 Å². The standard InChI is InChI=1S/C14H19N3O2/c1-17-5-4-15-11(8-17)6-10-2-3-12-13(7-10)19-9-14(18)16-12/h2-3,7,11,15H,4-6,8-9H2,1H3,(H,16,18). The average Bonchev–Trinajstić information content (AvgIpc) is 2.39. The number of hydrogen-bond donors (Lipinski definition) is 2. The van der Waals surface area contributed by atoms with Gasteiger partial charge in [-0.3, -0.25) is 4.79 Å². The fourth-order valence-electron chi connectivity index (χ4n) is 2.66. The van der Waals surface area contributed by atoms with Gasteiger partial charge in [0.2, 0.25) is 0 Å². The summed E-state index contributed by atoms with van der Waals surface area (Å²) in [6.07, 6.45) is 0.981. The maximum Gasteiger partial charge on any atom is 0.262 e. The summed E-state index contributed by atoms with van der Waals surface area (Å²) in [5, 5.41) is 6.34. The van der Waals surface area contributed by atoms with Gasteiger partial charge in [-0.05, 0) is 31.2 Å². The first kappa shape index (κ1) is 12.4. The summed E-state index contributed by atoms with van der Waals surface area (Å²) in [5.41, 5.74) is 2.01. The van der Waals surface area contributed by atoms with Crippen LogP contribution in [-0.4, -0.2) is 50.1 Å². The molecule has 2 heterocycles. The molecule has 0 spiro atoms. The summed E-state index contributed by atoms with van der Waals surface area (Å²) in [4.78, 5) is 13.6. The molecule has 5 heteroatoms. The predicted octanol–water partition coefficient (Wildman–Crippen LogP) is 0.464. The Morgan fingerprint density at radius 1 is 1.47 bits per heavy atom. The first-order chi connectivity index (χ1) is 9.20. The molecule has 0 aromatic heterocycles. The quantitative estimate of drug-likeness (QED) is 0.812. The minimum Gasteiger partial charge on any atom is -0.482 e. The maximum atomic E-state index is 11.2. The molecular weight excluding hydrogens is 242 g/mol. The molecule has 0 saturated carbocycles. The number of fused-ring (bicyclic) bond motifs is 1. The minimum absolute atomic E-state index is 0.0872. The Labute approximate surface area is 112 Å². The van der Waals surface area contributed by atoms with Gasteiger partial charge in [0.1, 0.15) is 5.75 Å². The molecule has 1 atom stereocenters. The number of benzene rings is 1. The maximum absolute atomic E-state index is 11.2. The zero-order valence-electron chi connectivity index (χ0n) is 11.1. The van der Waals surface area contributed by atoms with Crippen LogP contribution in [0.15, 0.2) is 18.2 Å². The lowest BCUT2D eigenvalue weighted by molar-refractivity contribution is -0.118. The van der Waals surface area contributed by atoms with E-state index in [9.17, 15) is 4.79 Å². The predicted molar refractivity (Wildman–Crippen MR) is 73.6 cm³/mol. The highest BCUT2D eigenvalue weighted by Gasteiger charge is 2.19. The van der Waals surface area contributed by atoms with Crippen LogP contribution in [0.1, 0.15) is 5.56 Å². The van der Waals surface area contributed by atoms with Crippen molar-refractivity contribution in [1.29, 1.82) is 0 Å². The number of anilines is 1. The van der Waals surface area contributed by atoms with Gasteiger partial charge in [-0.25, -0.2) is 0 Å². The number of amides is 1. The summed E-state index contributed by atoms with van der Waals surface area (Å²) < 4.78 is 5.44. The van der Waals surface area contributed by atoms with E-state index in [0.29, 0.717) is 6.04 Å². The van der Waals surface area contributed by atoms with Crippen molar-refractivity contribution in [3.63, 3.8) is 0 Å². The molecule has 19 heavy (non-hydrogen) atoms. The fourth-order valence-corrected chi connectivity index (χ4v) is 2.66. The Kier molecular flexibility index (Phi) is 3.40. The van der Waals surface area contributed by atoms with E-state index in [1.54, 1.807) is 0 Å². The van der Waals surface area contributed by atoms with Crippen LogP contribution in [0, 0.1) is 0 Å². The van der Waals surface area contributed by atoms with Crippen molar-refractivity contribution in [3.05, 3.63) is 23.8 Å². The second-order valence-electron chi connectivity index (χ2n) is 5.28. The van der Waals surface area contributed by atoms with Crippen LogP contribution in [0.25, 0.3) is 0 Å². The van der Waals surface area contributed by atoms with E-state index in [1.165, 1.54) is 5.56 Å². The number of nitrogens with one attached hydrogen (secondary N) is 2. The van der Waals surface area contributed by atoms with E-state index >= 15 is 0 Å². The van der Waals surface area contributed by atoms with Crippen LogP contribution < -0.4 is 15.4 Å². The lowest BCUT2D eigenvalue weighted by Crippen LogP contribution is -2.49. The normalized spacial score (nSPS) is 23.4. The molecule has 1 aromatic carbocycles. The molecule has 0 aliphatic carbocycles. The Balaban J connectivity index is 1.70. The molecule has 5 nitrogen and oxygen atoms in total. The summed E-state index contributed by atoms with van der Waals surface area (Å²) in [6, 6.07) is 6.50. The molecule has 1 amide bonds. The summed E-state index contributed by atoms with van der Waals surface area (Å²) in [7, 11) is 2.15. The first-order valence-electron chi connectivity index (χ1n) is 6.68. The minimum atomic E-state index is -0.0872. The Morgan fingerprint density at radius 2 is 2.37 bits per heavy atom. The molecule has 2 N–H and O–H groups in total. The van der Waals surface area contributed by atoms with Crippen LogP contribution in [0.4, 0.5) is 5.69 Å². The van der Waals surface area contributed by atoms with Crippen LogP contribution in [0.3, 0.4) is 0 Å². The Hall–Kier alpha value is -1.59. The van der Waals surface area contributed by atoms with Crippen molar-refractivity contribution in [1.82, 2.24) is 10.2 Å². The van der Waals surface area contributed by atoms with Crippen molar-refractivity contribution in [2.24, 2.45) is 0 Å². The van der Waals surface area contributed by atoms with Gasteiger partial charge in [0, 0.05) is 25.7 Å². The van der Waals surface area contributed by atoms with E-state index < -0.39 is 0 Å². The molecule has 102 valence electrons. The van der Waals surface area contributed by atoms with Crippen LogP contribution in [0.2, 0.25) is 0 Å². The number of nitrogens with zero attached hydrogens (tertiary/aromatic N) is 1. The molecule has 1 unspecified atom stereocenters. The molecule has 0 bridgehead atoms. The second kappa shape index (κ2) is 5.19. The SMILES string of the molecule is CN1CCNC(Cc2ccc3c(c2)OCC(=O)N3)C1. The molecule has 1 fully saturated rings. The largest absolute Gasteiger partial charge is 0.482 e.